The Morgan fingerprint density at radius 1 is 1.29 bits per heavy atom. The van der Waals surface area contributed by atoms with Gasteiger partial charge in [-0.15, -0.1) is 0 Å². The van der Waals surface area contributed by atoms with Crippen molar-refractivity contribution in [2.24, 2.45) is 11.8 Å². The lowest BCUT2D eigenvalue weighted by molar-refractivity contribution is 0.428. The lowest BCUT2D eigenvalue weighted by Crippen LogP contribution is -2.35. The van der Waals surface area contributed by atoms with E-state index >= 15 is 0 Å². The first-order valence-corrected chi connectivity index (χ1v) is 7.38. The molecule has 0 bridgehead atoms. The Labute approximate surface area is 89.3 Å². The fraction of sp³-hybridized carbons (Fsp3) is 1.00. The highest BCUT2D eigenvalue weighted by atomic mass is 32.2. The molecule has 0 radical (unpaired) electrons. The van der Waals surface area contributed by atoms with E-state index in [0.29, 0.717) is 0 Å². The lowest BCUT2D eigenvalue weighted by atomic mass is 10.1. The molecule has 2 saturated carbocycles. The Balaban J connectivity index is 1.64. The zero-order valence-electron chi connectivity index (χ0n) is 9.00. The molecule has 1 unspecified atom stereocenters. The van der Waals surface area contributed by atoms with E-state index in [1.54, 1.807) is 0 Å². The van der Waals surface area contributed by atoms with Gasteiger partial charge < -0.3 is 5.32 Å². The SMILES string of the molecule is CCS(=O)CCNC(C1CC1)C1CC1. The third-order valence-electron chi connectivity index (χ3n) is 3.29. The summed E-state index contributed by atoms with van der Waals surface area (Å²) >= 11 is 0. The third kappa shape index (κ3) is 3.06. The van der Waals surface area contributed by atoms with Crippen LogP contribution in [0, 0.1) is 11.8 Å². The van der Waals surface area contributed by atoms with Gasteiger partial charge in [0.05, 0.1) is 0 Å². The molecule has 0 aromatic heterocycles. The summed E-state index contributed by atoms with van der Waals surface area (Å²) in [4.78, 5) is 0. The van der Waals surface area contributed by atoms with Gasteiger partial charge in [-0.2, -0.15) is 0 Å². The van der Waals surface area contributed by atoms with E-state index in [1.807, 2.05) is 6.92 Å². The van der Waals surface area contributed by atoms with Crippen LogP contribution in [0.2, 0.25) is 0 Å². The molecule has 82 valence electrons. The van der Waals surface area contributed by atoms with Crippen LogP contribution in [0.25, 0.3) is 0 Å². The van der Waals surface area contributed by atoms with Crippen LogP contribution in [0.4, 0.5) is 0 Å². The predicted octanol–water partition coefficient (Wildman–Crippen LogP) is 1.53. The lowest BCUT2D eigenvalue weighted by Gasteiger charge is -2.17. The van der Waals surface area contributed by atoms with Gasteiger partial charge >= 0.3 is 0 Å². The van der Waals surface area contributed by atoms with E-state index in [1.165, 1.54) is 25.7 Å². The molecule has 0 spiro atoms. The Morgan fingerprint density at radius 3 is 2.29 bits per heavy atom. The van der Waals surface area contributed by atoms with Crippen LogP contribution < -0.4 is 5.32 Å². The number of hydrogen-bond acceptors (Lipinski definition) is 2. The fourth-order valence-electron chi connectivity index (χ4n) is 2.11. The summed E-state index contributed by atoms with van der Waals surface area (Å²) in [6, 6.07) is 0.767. The average molecular weight is 215 g/mol. The Morgan fingerprint density at radius 2 is 1.86 bits per heavy atom. The summed E-state index contributed by atoms with van der Waals surface area (Å²) in [5, 5.41) is 3.62. The average Bonchev–Trinajstić information content (AvgIpc) is 3.03. The summed E-state index contributed by atoms with van der Waals surface area (Å²) in [7, 11) is -0.592. The maximum absolute atomic E-state index is 11.2. The van der Waals surface area contributed by atoms with Crippen molar-refractivity contribution in [1.82, 2.24) is 5.32 Å². The second-order valence-electron chi connectivity index (χ2n) is 4.59. The fourth-order valence-corrected chi connectivity index (χ4v) is 2.75. The van der Waals surface area contributed by atoms with Crippen molar-refractivity contribution >= 4 is 10.8 Å². The van der Waals surface area contributed by atoms with E-state index in [-0.39, 0.29) is 0 Å². The number of rotatable bonds is 7. The summed E-state index contributed by atoms with van der Waals surface area (Å²) < 4.78 is 11.2. The topological polar surface area (TPSA) is 29.1 Å². The zero-order valence-corrected chi connectivity index (χ0v) is 9.81. The first kappa shape index (κ1) is 10.6. The Kier molecular flexibility index (Phi) is 3.61. The van der Waals surface area contributed by atoms with Crippen LogP contribution in [-0.2, 0) is 10.8 Å². The Hall–Kier alpha value is 0.110. The molecule has 2 nitrogen and oxygen atoms in total. The second kappa shape index (κ2) is 4.75. The molecule has 0 amide bonds. The normalized spacial score (nSPS) is 24.1. The van der Waals surface area contributed by atoms with Gasteiger partial charge in [0.2, 0.25) is 0 Å². The van der Waals surface area contributed by atoms with Gasteiger partial charge in [-0.3, -0.25) is 4.21 Å². The van der Waals surface area contributed by atoms with E-state index < -0.39 is 10.8 Å². The predicted molar refractivity (Wildman–Crippen MR) is 60.8 cm³/mol. The minimum Gasteiger partial charge on any atom is -0.313 e. The molecule has 2 aliphatic rings. The summed E-state index contributed by atoms with van der Waals surface area (Å²) in [6.45, 7) is 2.95. The molecule has 0 aliphatic heterocycles. The molecule has 0 heterocycles. The van der Waals surface area contributed by atoms with Gasteiger partial charge in [-0.05, 0) is 37.5 Å². The minimum absolute atomic E-state index is 0.592. The molecule has 0 aromatic rings. The van der Waals surface area contributed by atoms with Gasteiger partial charge in [0.25, 0.3) is 0 Å². The highest BCUT2D eigenvalue weighted by molar-refractivity contribution is 7.84. The van der Waals surface area contributed by atoms with E-state index in [2.05, 4.69) is 5.32 Å². The second-order valence-corrected chi connectivity index (χ2v) is 6.45. The van der Waals surface area contributed by atoms with Gasteiger partial charge in [0.1, 0.15) is 0 Å². The van der Waals surface area contributed by atoms with Gasteiger partial charge in [-0.25, -0.2) is 0 Å². The van der Waals surface area contributed by atoms with Crippen molar-refractivity contribution in [2.45, 2.75) is 38.6 Å². The van der Waals surface area contributed by atoms with Gasteiger partial charge in [-0.1, -0.05) is 6.92 Å². The van der Waals surface area contributed by atoms with Crippen molar-refractivity contribution in [3.8, 4) is 0 Å². The van der Waals surface area contributed by atoms with Crippen molar-refractivity contribution in [3.63, 3.8) is 0 Å². The molecule has 2 rings (SSSR count). The van der Waals surface area contributed by atoms with Crippen molar-refractivity contribution < 1.29 is 4.21 Å². The van der Waals surface area contributed by atoms with E-state index in [0.717, 1.165) is 35.9 Å². The van der Waals surface area contributed by atoms with Crippen LogP contribution in [0.15, 0.2) is 0 Å². The van der Waals surface area contributed by atoms with Crippen LogP contribution in [0.1, 0.15) is 32.6 Å². The van der Waals surface area contributed by atoms with Crippen molar-refractivity contribution in [2.75, 3.05) is 18.1 Å². The standard InChI is InChI=1S/C11H21NOS/c1-2-14(13)8-7-12-11(9-3-4-9)10-5-6-10/h9-12H,2-8H2,1H3. The van der Waals surface area contributed by atoms with Crippen LogP contribution in [0.3, 0.4) is 0 Å². The highest BCUT2D eigenvalue weighted by Gasteiger charge is 2.40. The summed E-state index contributed by atoms with van der Waals surface area (Å²) in [6.07, 6.45) is 5.69. The first-order chi connectivity index (χ1) is 6.81. The molecule has 1 N–H and O–H groups in total. The molecule has 0 saturated heterocycles. The largest absolute Gasteiger partial charge is 0.313 e. The molecule has 2 aliphatic carbocycles. The zero-order chi connectivity index (χ0) is 9.97. The molecule has 1 atom stereocenters. The smallest absolute Gasteiger partial charge is 0.0360 e. The summed E-state index contributed by atoms with van der Waals surface area (Å²) in [5.41, 5.74) is 0. The van der Waals surface area contributed by atoms with Crippen LogP contribution in [-0.4, -0.2) is 28.3 Å². The van der Waals surface area contributed by atoms with Crippen molar-refractivity contribution in [1.29, 1.82) is 0 Å². The number of hydrogen-bond donors (Lipinski definition) is 1. The molecule has 2 fully saturated rings. The van der Waals surface area contributed by atoms with E-state index in [4.69, 9.17) is 0 Å². The van der Waals surface area contributed by atoms with Gasteiger partial charge in [0.15, 0.2) is 0 Å². The third-order valence-corrected chi connectivity index (χ3v) is 4.59. The quantitative estimate of drug-likeness (QED) is 0.698. The molecule has 3 heteroatoms. The van der Waals surface area contributed by atoms with Gasteiger partial charge in [0, 0.05) is 34.9 Å². The molecule has 0 aromatic carbocycles. The molecular formula is C11H21NOS. The minimum atomic E-state index is -0.592. The first-order valence-electron chi connectivity index (χ1n) is 5.89. The van der Waals surface area contributed by atoms with E-state index in [9.17, 15) is 4.21 Å². The molecule has 14 heavy (non-hydrogen) atoms. The highest BCUT2D eigenvalue weighted by Crippen LogP contribution is 2.44. The molecular weight excluding hydrogens is 194 g/mol. The Bertz CT molecular complexity index is 199. The maximum atomic E-state index is 11.2. The number of nitrogens with one attached hydrogen (secondary N) is 1. The van der Waals surface area contributed by atoms with Crippen molar-refractivity contribution in [3.05, 3.63) is 0 Å². The van der Waals surface area contributed by atoms with Crippen LogP contribution >= 0.6 is 0 Å². The van der Waals surface area contributed by atoms with Crippen LogP contribution in [0.5, 0.6) is 0 Å². The summed E-state index contributed by atoms with van der Waals surface area (Å²) in [5.74, 6) is 3.56. The monoisotopic (exact) mass is 215 g/mol. The maximum Gasteiger partial charge on any atom is 0.0360 e.